The van der Waals surface area contributed by atoms with Gasteiger partial charge in [-0.3, -0.25) is 0 Å². The summed E-state index contributed by atoms with van der Waals surface area (Å²) in [7, 11) is 0. The van der Waals surface area contributed by atoms with Gasteiger partial charge in [-0.15, -0.1) is 0 Å². The Labute approximate surface area is 189 Å². The van der Waals surface area contributed by atoms with Crippen molar-refractivity contribution >= 4 is 11.6 Å². The van der Waals surface area contributed by atoms with Crippen LogP contribution in [-0.4, -0.2) is 0 Å². The third-order valence-corrected chi connectivity index (χ3v) is 8.02. The van der Waals surface area contributed by atoms with Crippen LogP contribution in [0.15, 0.2) is 30.3 Å². The molecule has 0 aliphatic heterocycles. The highest BCUT2D eigenvalue weighted by atomic mass is 35.5. The van der Waals surface area contributed by atoms with Gasteiger partial charge in [-0.25, -0.2) is 0 Å². The van der Waals surface area contributed by atoms with E-state index in [9.17, 15) is 0 Å². The third-order valence-electron chi connectivity index (χ3n) is 7.55. The normalized spacial score (nSPS) is 23.5. The van der Waals surface area contributed by atoms with E-state index in [1.807, 2.05) is 0 Å². The van der Waals surface area contributed by atoms with Crippen LogP contribution in [0, 0.1) is 11.8 Å². The predicted molar refractivity (Wildman–Crippen MR) is 131 cm³/mol. The zero-order chi connectivity index (χ0) is 21.1. The van der Waals surface area contributed by atoms with Crippen LogP contribution in [0.2, 0.25) is 5.02 Å². The first kappa shape index (κ1) is 21.9. The van der Waals surface area contributed by atoms with Gasteiger partial charge >= 0.3 is 0 Å². The summed E-state index contributed by atoms with van der Waals surface area (Å²) in [6.45, 7) is 7.16. The molecule has 2 atom stereocenters. The molecule has 162 valence electrons. The second kappa shape index (κ2) is 9.90. The second-order valence-electron chi connectivity index (χ2n) is 10.3. The van der Waals surface area contributed by atoms with Gasteiger partial charge in [0.25, 0.3) is 0 Å². The summed E-state index contributed by atoms with van der Waals surface area (Å²) in [5.74, 6) is 2.41. The molecule has 2 unspecified atom stereocenters. The highest BCUT2D eigenvalue weighted by molar-refractivity contribution is 6.32. The summed E-state index contributed by atoms with van der Waals surface area (Å²) in [6.07, 6.45) is 13.9. The molecule has 1 fully saturated rings. The van der Waals surface area contributed by atoms with Gasteiger partial charge in [-0.1, -0.05) is 75.5 Å². The molecule has 0 amide bonds. The highest BCUT2D eigenvalue weighted by Gasteiger charge is 2.30. The molecule has 4 rings (SSSR count). The maximum absolute atomic E-state index is 6.99. The van der Waals surface area contributed by atoms with Gasteiger partial charge in [-0.05, 0) is 109 Å². The molecule has 0 spiro atoms. The van der Waals surface area contributed by atoms with E-state index in [2.05, 4.69) is 51.1 Å². The van der Waals surface area contributed by atoms with Crippen molar-refractivity contribution < 1.29 is 0 Å². The molecule has 0 heterocycles. The van der Waals surface area contributed by atoms with Crippen molar-refractivity contribution in [2.75, 3.05) is 0 Å². The lowest BCUT2D eigenvalue weighted by Gasteiger charge is -2.33. The predicted octanol–water partition coefficient (Wildman–Crippen LogP) is 8.69. The third kappa shape index (κ3) is 4.96. The molecule has 2 aliphatic rings. The van der Waals surface area contributed by atoms with Gasteiger partial charge < -0.3 is 0 Å². The van der Waals surface area contributed by atoms with Crippen molar-refractivity contribution in [3.8, 4) is 0 Å². The van der Waals surface area contributed by atoms with Crippen LogP contribution >= 0.6 is 11.6 Å². The lowest BCUT2D eigenvalue weighted by atomic mass is 9.72. The summed E-state index contributed by atoms with van der Waals surface area (Å²) < 4.78 is 0. The Hall–Kier alpha value is -1.27. The van der Waals surface area contributed by atoms with E-state index >= 15 is 0 Å². The molecular formula is C29H39Cl. The average molecular weight is 423 g/mol. The van der Waals surface area contributed by atoms with E-state index in [0.717, 1.165) is 29.2 Å². The average Bonchev–Trinajstić information content (AvgIpc) is 3.21. The number of aryl methyl sites for hydroxylation is 1. The molecule has 0 saturated heterocycles. The van der Waals surface area contributed by atoms with Gasteiger partial charge in [0.05, 0.1) is 0 Å². The lowest BCUT2D eigenvalue weighted by molar-refractivity contribution is 0.267. The number of rotatable bonds is 7. The number of hydrogen-bond acceptors (Lipinski definition) is 0. The van der Waals surface area contributed by atoms with Gasteiger partial charge in [0.2, 0.25) is 0 Å². The SMILES string of the molecule is CCCCCc1ccc(Cc2cc(C3CC(C)CC(C)C3)c3c(c2Cl)CCC3)cc1. The molecule has 0 bridgehead atoms. The molecule has 1 heteroatoms. The fourth-order valence-corrected chi connectivity index (χ4v) is 6.48. The summed E-state index contributed by atoms with van der Waals surface area (Å²) >= 11 is 6.99. The molecule has 2 aliphatic carbocycles. The molecule has 30 heavy (non-hydrogen) atoms. The topological polar surface area (TPSA) is 0 Å². The Balaban J connectivity index is 1.58. The largest absolute Gasteiger partial charge is 0.0837 e. The number of fused-ring (bicyclic) bond motifs is 1. The van der Waals surface area contributed by atoms with Crippen molar-refractivity contribution in [1.82, 2.24) is 0 Å². The maximum atomic E-state index is 6.99. The Morgan fingerprint density at radius 2 is 1.53 bits per heavy atom. The molecule has 1 saturated carbocycles. The Morgan fingerprint density at radius 1 is 0.867 bits per heavy atom. The quantitative estimate of drug-likeness (QED) is 0.391. The number of unbranched alkanes of at least 4 members (excludes halogenated alkanes) is 2. The van der Waals surface area contributed by atoms with E-state index in [1.165, 1.54) is 86.5 Å². The van der Waals surface area contributed by atoms with Gasteiger partial charge in [0.1, 0.15) is 0 Å². The van der Waals surface area contributed by atoms with Crippen molar-refractivity contribution in [2.24, 2.45) is 11.8 Å². The van der Waals surface area contributed by atoms with E-state index in [0.29, 0.717) is 0 Å². The molecule has 0 N–H and O–H groups in total. The summed E-state index contributed by atoms with van der Waals surface area (Å²) in [5, 5.41) is 1.06. The maximum Gasteiger partial charge on any atom is 0.0476 e. The monoisotopic (exact) mass is 422 g/mol. The Bertz CT molecular complexity index is 838. The zero-order valence-corrected chi connectivity index (χ0v) is 20.0. The van der Waals surface area contributed by atoms with Crippen molar-refractivity contribution in [1.29, 1.82) is 0 Å². The van der Waals surface area contributed by atoms with E-state index in [-0.39, 0.29) is 0 Å². The minimum atomic E-state index is 0.729. The smallest absolute Gasteiger partial charge is 0.0476 e. The molecular weight excluding hydrogens is 384 g/mol. The molecule has 0 radical (unpaired) electrons. The first-order valence-corrected chi connectivity index (χ1v) is 12.8. The van der Waals surface area contributed by atoms with Crippen LogP contribution in [0.1, 0.15) is 105 Å². The summed E-state index contributed by atoms with van der Waals surface area (Å²) in [5.41, 5.74) is 8.96. The van der Waals surface area contributed by atoms with Crippen LogP contribution in [0.4, 0.5) is 0 Å². The van der Waals surface area contributed by atoms with Gasteiger partial charge in [-0.2, -0.15) is 0 Å². The van der Waals surface area contributed by atoms with Crippen LogP contribution < -0.4 is 0 Å². The van der Waals surface area contributed by atoms with Crippen molar-refractivity contribution in [3.63, 3.8) is 0 Å². The molecule has 2 aromatic carbocycles. The molecule has 2 aromatic rings. The van der Waals surface area contributed by atoms with Crippen LogP contribution in [0.25, 0.3) is 0 Å². The van der Waals surface area contributed by atoms with E-state index < -0.39 is 0 Å². The van der Waals surface area contributed by atoms with Crippen molar-refractivity contribution in [2.45, 2.75) is 97.3 Å². The Kier molecular flexibility index (Phi) is 7.24. The number of halogens is 1. The van der Waals surface area contributed by atoms with Gasteiger partial charge in [0, 0.05) is 5.02 Å². The highest BCUT2D eigenvalue weighted by Crippen LogP contribution is 2.45. The number of hydrogen-bond donors (Lipinski definition) is 0. The number of benzene rings is 2. The zero-order valence-electron chi connectivity index (χ0n) is 19.3. The molecule has 0 aromatic heterocycles. The standard InChI is InChI=1S/C29H39Cl/c1-4-5-6-8-22-11-13-23(14-12-22)18-25-19-28(24-16-20(2)15-21(3)17-24)26-9-7-10-27(26)29(25)30/h11-14,19-21,24H,4-10,15-18H2,1-3H3. The second-order valence-corrected chi connectivity index (χ2v) is 10.7. The Morgan fingerprint density at radius 3 is 2.23 bits per heavy atom. The minimum absolute atomic E-state index is 0.729. The summed E-state index contributed by atoms with van der Waals surface area (Å²) in [4.78, 5) is 0. The van der Waals surface area contributed by atoms with Crippen LogP contribution in [0.3, 0.4) is 0 Å². The lowest BCUT2D eigenvalue weighted by Crippen LogP contribution is -2.19. The van der Waals surface area contributed by atoms with Crippen LogP contribution in [-0.2, 0) is 25.7 Å². The van der Waals surface area contributed by atoms with Gasteiger partial charge in [0.15, 0.2) is 0 Å². The first-order valence-electron chi connectivity index (χ1n) is 12.5. The minimum Gasteiger partial charge on any atom is -0.0837 e. The molecule has 0 nitrogen and oxygen atoms in total. The fourth-order valence-electron chi connectivity index (χ4n) is 6.15. The fraction of sp³-hybridized carbons (Fsp3) is 0.586. The van der Waals surface area contributed by atoms with E-state index in [4.69, 9.17) is 11.6 Å². The summed E-state index contributed by atoms with van der Waals surface area (Å²) in [6, 6.07) is 11.8. The first-order chi connectivity index (χ1) is 14.5. The van der Waals surface area contributed by atoms with E-state index in [1.54, 1.807) is 11.1 Å². The van der Waals surface area contributed by atoms with Crippen molar-refractivity contribution in [3.05, 3.63) is 68.7 Å². The van der Waals surface area contributed by atoms with Crippen LogP contribution in [0.5, 0.6) is 0 Å².